The second kappa shape index (κ2) is 2.61. The van der Waals surface area contributed by atoms with Crippen LogP contribution in [0.4, 0.5) is 0 Å². The van der Waals surface area contributed by atoms with Gasteiger partial charge in [-0.1, -0.05) is 6.92 Å². The molecule has 0 bridgehead atoms. The molecule has 1 nitrogen and oxygen atoms in total. The average Bonchev–Trinajstić information content (AvgIpc) is 2.46. The van der Waals surface area contributed by atoms with Crippen LogP contribution >= 0.6 is 11.3 Å². The molecule has 0 aromatic carbocycles. The zero-order valence-corrected chi connectivity index (χ0v) is 7.53. The average molecular weight is 167 g/mol. The molecule has 1 aromatic heterocycles. The summed E-state index contributed by atoms with van der Waals surface area (Å²) >= 11 is 1.87. The third kappa shape index (κ3) is 1.01. The minimum Gasteiger partial charge on any atom is -0.330 e. The molecule has 60 valence electrons. The van der Waals surface area contributed by atoms with E-state index in [-0.39, 0.29) is 0 Å². The first kappa shape index (κ1) is 7.32. The lowest BCUT2D eigenvalue weighted by atomic mass is 9.98. The van der Waals surface area contributed by atoms with Gasteiger partial charge in [0, 0.05) is 17.3 Å². The van der Waals surface area contributed by atoms with Crippen LogP contribution in [0.15, 0.2) is 11.4 Å². The van der Waals surface area contributed by atoms with Crippen LogP contribution in [-0.4, -0.2) is 6.54 Å². The van der Waals surface area contributed by atoms with Crippen molar-refractivity contribution < 1.29 is 0 Å². The molecule has 0 fully saturated rings. The number of thiophene rings is 1. The first-order chi connectivity index (χ1) is 5.33. The summed E-state index contributed by atoms with van der Waals surface area (Å²) < 4.78 is 0. The number of hydrogen-bond acceptors (Lipinski definition) is 2. The maximum absolute atomic E-state index is 5.70. The van der Waals surface area contributed by atoms with Gasteiger partial charge in [0.15, 0.2) is 0 Å². The van der Waals surface area contributed by atoms with E-state index in [0.717, 1.165) is 12.5 Å². The highest BCUT2D eigenvalue weighted by Gasteiger charge is 2.28. The van der Waals surface area contributed by atoms with Gasteiger partial charge in [0.05, 0.1) is 0 Å². The van der Waals surface area contributed by atoms with Crippen molar-refractivity contribution in [1.29, 1.82) is 0 Å². The van der Waals surface area contributed by atoms with Crippen molar-refractivity contribution in [2.75, 3.05) is 6.54 Å². The fourth-order valence-corrected chi connectivity index (χ4v) is 3.11. The van der Waals surface area contributed by atoms with Gasteiger partial charge in [0.2, 0.25) is 0 Å². The molecule has 0 aliphatic heterocycles. The maximum atomic E-state index is 5.70. The molecule has 2 N–H and O–H groups in total. The van der Waals surface area contributed by atoms with Gasteiger partial charge < -0.3 is 5.73 Å². The van der Waals surface area contributed by atoms with Crippen LogP contribution < -0.4 is 5.73 Å². The van der Waals surface area contributed by atoms with Crippen LogP contribution in [0, 0.1) is 5.92 Å². The van der Waals surface area contributed by atoms with Crippen LogP contribution in [-0.2, 0) is 6.42 Å². The van der Waals surface area contributed by atoms with Gasteiger partial charge in [0.1, 0.15) is 0 Å². The highest BCUT2D eigenvalue weighted by Crippen LogP contribution is 2.40. The Morgan fingerprint density at radius 3 is 3.27 bits per heavy atom. The van der Waals surface area contributed by atoms with Crippen molar-refractivity contribution >= 4 is 11.3 Å². The summed E-state index contributed by atoms with van der Waals surface area (Å²) in [6.07, 6.45) is 1.24. The fourth-order valence-electron chi connectivity index (χ4n) is 1.93. The molecule has 0 saturated carbocycles. The van der Waals surface area contributed by atoms with Gasteiger partial charge in [0.25, 0.3) is 0 Å². The molecule has 1 aromatic rings. The summed E-state index contributed by atoms with van der Waals surface area (Å²) in [5, 5.41) is 2.18. The second-order valence-corrected chi connectivity index (χ2v) is 4.28. The number of rotatable bonds is 1. The van der Waals surface area contributed by atoms with E-state index in [1.807, 2.05) is 11.3 Å². The summed E-state index contributed by atoms with van der Waals surface area (Å²) in [6.45, 7) is 3.11. The summed E-state index contributed by atoms with van der Waals surface area (Å²) in [5.74, 6) is 1.41. The third-order valence-electron chi connectivity index (χ3n) is 2.60. The zero-order chi connectivity index (χ0) is 7.84. The molecule has 1 heterocycles. The maximum Gasteiger partial charge on any atom is 0.0124 e. The van der Waals surface area contributed by atoms with E-state index in [2.05, 4.69) is 18.4 Å². The molecular formula is C9H13NS. The number of fused-ring (bicyclic) bond motifs is 1. The van der Waals surface area contributed by atoms with Crippen LogP contribution in [0.2, 0.25) is 0 Å². The molecule has 2 heteroatoms. The van der Waals surface area contributed by atoms with Crippen LogP contribution in [0.5, 0.6) is 0 Å². The molecule has 0 saturated heterocycles. The number of nitrogens with two attached hydrogens (primary N) is 1. The first-order valence-electron chi connectivity index (χ1n) is 4.09. The van der Waals surface area contributed by atoms with Gasteiger partial charge in [-0.25, -0.2) is 0 Å². The van der Waals surface area contributed by atoms with Crippen LogP contribution in [0.1, 0.15) is 23.3 Å². The molecule has 0 radical (unpaired) electrons. The molecule has 0 amide bonds. The Morgan fingerprint density at radius 2 is 2.55 bits per heavy atom. The van der Waals surface area contributed by atoms with E-state index < -0.39 is 0 Å². The summed E-state index contributed by atoms with van der Waals surface area (Å²) in [7, 11) is 0. The Labute approximate surface area is 71.2 Å². The predicted octanol–water partition coefficient (Wildman–Crippen LogP) is 1.98. The molecule has 2 rings (SSSR count). The van der Waals surface area contributed by atoms with E-state index in [0.29, 0.717) is 5.92 Å². The van der Waals surface area contributed by atoms with Gasteiger partial charge >= 0.3 is 0 Å². The largest absolute Gasteiger partial charge is 0.330 e. The Morgan fingerprint density at radius 1 is 1.73 bits per heavy atom. The Kier molecular flexibility index (Phi) is 1.74. The van der Waals surface area contributed by atoms with Crippen LogP contribution in [0.3, 0.4) is 0 Å². The SMILES string of the molecule is CC1Cc2ccsc2C1CN. The van der Waals surface area contributed by atoms with Crippen molar-refractivity contribution in [1.82, 2.24) is 0 Å². The van der Waals surface area contributed by atoms with E-state index in [1.165, 1.54) is 12.0 Å². The normalized spacial score (nSPS) is 28.9. The van der Waals surface area contributed by atoms with Crippen molar-refractivity contribution in [3.8, 4) is 0 Å². The lowest BCUT2D eigenvalue weighted by molar-refractivity contribution is 0.509. The Bertz CT molecular complexity index is 254. The molecule has 0 spiro atoms. The monoisotopic (exact) mass is 167 g/mol. The Hall–Kier alpha value is -0.340. The second-order valence-electron chi connectivity index (χ2n) is 3.33. The molecule has 2 atom stereocenters. The Balaban J connectivity index is 2.35. The standard InChI is InChI=1S/C9H13NS/c1-6-4-7-2-3-11-9(7)8(6)5-10/h2-3,6,8H,4-5,10H2,1H3. The minimum atomic E-state index is 0.644. The molecule has 11 heavy (non-hydrogen) atoms. The van der Waals surface area contributed by atoms with Crippen LogP contribution in [0.25, 0.3) is 0 Å². The predicted molar refractivity (Wildman–Crippen MR) is 49.0 cm³/mol. The lowest BCUT2D eigenvalue weighted by Crippen LogP contribution is -2.14. The highest BCUT2D eigenvalue weighted by atomic mass is 32.1. The quantitative estimate of drug-likeness (QED) is 0.680. The van der Waals surface area contributed by atoms with E-state index >= 15 is 0 Å². The number of hydrogen-bond donors (Lipinski definition) is 1. The fraction of sp³-hybridized carbons (Fsp3) is 0.556. The molecular weight excluding hydrogens is 154 g/mol. The summed E-state index contributed by atoms with van der Waals surface area (Å²) in [6, 6.07) is 2.24. The van der Waals surface area contributed by atoms with Gasteiger partial charge in [-0.05, 0) is 29.3 Å². The van der Waals surface area contributed by atoms with Gasteiger partial charge in [-0.3, -0.25) is 0 Å². The van der Waals surface area contributed by atoms with E-state index in [9.17, 15) is 0 Å². The zero-order valence-electron chi connectivity index (χ0n) is 6.71. The molecule has 1 aliphatic carbocycles. The topological polar surface area (TPSA) is 26.0 Å². The van der Waals surface area contributed by atoms with Gasteiger partial charge in [-0.2, -0.15) is 0 Å². The minimum absolute atomic E-state index is 0.644. The van der Waals surface area contributed by atoms with Gasteiger partial charge in [-0.15, -0.1) is 11.3 Å². The summed E-state index contributed by atoms with van der Waals surface area (Å²) in [5.41, 5.74) is 7.24. The highest BCUT2D eigenvalue weighted by molar-refractivity contribution is 7.10. The molecule has 1 aliphatic rings. The summed E-state index contributed by atoms with van der Waals surface area (Å²) in [4.78, 5) is 1.54. The van der Waals surface area contributed by atoms with Crippen molar-refractivity contribution in [3.63, 3.8) is 0 Å². The lowest BCUT2D eigenvalue weighted by Gasteiger charge is -2.11. The first-order valence-corrected chi connectivity index (χ1v) is 4.97. The van der Waals surface area contributed by atoms with Crippen molar-refractivity contribution in [3.05, 3.63) is 21.9 Å². The molecule has 2 unspecified atom stereocenters. The third-order valence-corrected chi connectivity index (χ3v) is 3.69. The van der Waals surface area contributed by atoms with E-state index in [1.54, 1.807) is 4.88 Å². The van der Waals surface area contributed by atoms with Crippen molar-refractivity contribution in [2.24, 2.45) is 11.7 Å². The smallest absolute Gasteiger partial charge is 0.0124 e. The van der Waals surface area contributed by atoms with Crippen molar-refractivity contribution in [2.45, 2.75) is 19.3 Å². The van der Waals surface area contributed by atoms with E-state index in [4.69, 9.17) is 5.73 Å².